The molecule has 10 heteroatoms. The highest BCUT2D eigenvalue weighted by molar-refractivity contribution is 5.91. The van der Waals surface area contributed by atoms with E-state index in [4.69, 9.17) is 20.7 Å². The first-order valence-electron chi connectivity index (χ1n) is 10.2. The van der Waals surface area contributed by atoms with Crippen molar-refractivity contribution in [2.24, 2.45) is 10.7 Å². The molecule has 1 unspecified atom stereocenters. The predicted molar refractivity (Wildman–Crippen MR) is 119 cm³/mol. The second-order valence-electron chi connectivity index (χ2n) is 7.62. The number of ether oxygens (including phenoxy) is 1. The average molecular weight is 457 g/mol. The fourth-order valence-corrected chi connectivity index (χ4v) is 3.86. The van der Waals surface area contributed by atoms with Gasteiger partial charge in [0.15, 0.2) is 11.6 Å². The minimum absolute atomic E-state index is 0.0801. The van der Waals surface area contributed by atoms with E-state index < -0.39 is 24.8 Å². The summed E-state index contributed by atoms with van der Waals surface area (Å²) in [6.45, 7) is 1.73. The van der Waals surface area contributed by atoms with Crippen LogP contribution in [0.2, 0.25) is 0 Å². The lowest BCUT2D eigenvalue weighted by Crippen LogP contribution is -2.14. The maximum absolute atomic E-state index is 14.1. The van der Waals surface area contributed by atoms with Crippen molar-refractivity contribution < 1.29 is 22.4 Å². The van der Waals surface area contributed by atoms with Crippen LogP contribution in [0.3, 0.4) is 0 Å². The Morgan fingerprint density at radius 3 is 2.79 bits per heavy atom. The molecule has 0 saturated heterocycles. The maximum atomic E-state index is 14.1. The molecule has 2 aromatic heterocycles. The SMILES string of the molecule is CN=CC1=C(N)c2ccc(F)cc2C(C)Oc2cc(cnc2N)-c2c(CC(F)F)noc2C1. The largest absolute Gasteiger partial charge is 0.482 e. The fourth-order valence-electron chi connectivity index (χ4n) is 3.86. The van der Waals surface area contributed by atoms with Crippen LogP contribution in [0.15, 0.2) is 45.6 Å². The van der Waals surface area contributed by atoms with Crippen LogP contribution in [0.4, 0.5) is 19.0 Å². The zero-order valence-electron chi connectivity index (χ0n) is 18.0. The molecule has 0 fully saturated rings. The lowest BCUT2D eigenvalue weighted by molar-refractivity contribution is 0.146. The number of aliphatic imine (C=N–C) groups is 1. The van der Waals surface area contributed by atoms with Gasteiger partial charge in [-0.25, -0.2) is 18.2 Å². The lowest BCUT2D eigenvalue weighted by atomic mass is 9.94. The van der Waals surface area contributed by atoms with Crippen LogP contribution in [0.1, 0.15) is 35.6 Å². The van der Waals surface area contributed by atoms with Crippen molar-refractivity contribution in [1.82, 2.24) is 10.1 Å². The van der Waals surface area contributed by atoms with Gasteiger partial charge in [-0.1, -0.05) is 5.16 Å². The molecule has 0 spiro atoms. The van der Waals surface area contributed by atoms with Gasteiger partial charge in [0, 0.05) is 53.8 Å². The van der Waals surface area contributed by atoms with E-state index in [2.05, 4.69) is 15.1 Å². The summed E-state index contributed by atoms with van der Waals surface area (Å²) in [5.74, 6) is 0.155. The second kappa shape index (κ2) is 8.97. The number of aromatic nitrogens is 2. The van der Waals surface area contributed by atoms with Crippen molar-refractivity contribution in [2.75, 3.05) is 12.8 Å². The number of nitrogens with two attached hydrogens (primary N) is 2. The fraction of sp³-hybridized carbons (Fsp3) is 0.261. The minimum Gasteiger partial charge on any atom is -0.482 e. The first-order chi connectivity index (χ1) is 15.8. The van der Waals surface area contributed by atoms with Gasteiger partial charge in [0.25, 0.3) is 0 Å². The molecule has 7 nitrogen and oxygen atoms in total. The van der Waals surface area contributed by atoms with E-state index in [1.165, 1.54) is 18.3 Å². The van der Waals surface area contributed by atoms with Crippen molar-refractivity contribution in [2.45, 2.75) is 32.3 Å². The Morgan fingerprint density at radius 2 is 2.06 bits per heavy atom. The number of halogens is 3. The zero-order chi connectivity index (χ0) is 23.7. The Labute approximate surface area is 188 Å². The predicted octanol–water partition coefficient (Wildman–Crippen LogP) is 4.33. The number of allylic oxidation sites excluding steroid dienone is 1. The number of benzene rings is 1. The summed E-state index contributed by atoms with van der Waals surface area (Å²) in [4.78, 5) is 8.24. The van der Waals surface area contributed by atoms with E-state index in [1.807, 2.05) is 0 Å². The van der Waals surface area contributed by atoms with Gasteiger partial charge < -0.3 is 20.7 Å². The van der Waals surface area contributed by atoms with Gasteiger partial charge in [-0.15, -0.1) is 0 Å². The minimum atomic E-state index is -2.63. The molecule has 3 aromatic rings. The molecular formula is C23H22F3N5O2. The molecule has 3 heterocycles. The Balaban J connectivity index is 2.01. The highest BCUT2D eigenvalue weighted by atomic mass is 19.3. The van der Waals surface area contributed by atoms with Gasteiger partial charge >= 0.3 is 0 Å². The number of rotatable bonds is 3. The third-order valence-corrected chi connectivity index (χ3v) is 5.38. The lowest BCUT2D eigenvalue weighted by Gasteiger charge is -2.21. The van der Waals surface area contributed by atoms with Gasteiger partial charge in [0.2, 0.25) is 6.43 Å². The van der Waals surface area contributed by atoms with E-state index in [9.17, 15) is 13.2 Å². The van der Waals surface area contributed by atoms with Crippen molar-refractivity contribution >= 4 is 17.7 Å². The molecule has 1 aromatic carbocycles. The van der Waals surface area contributed by atoms with E-state index in [-0.39, 0.29) is 23.7 Å². The number of nitrogen functional groups attached to an aromatic ring is 1. The maximum Gasteiger partial charge on any atom is 0.244 e. The summed E-state index contributed by atoms with van der Waals surface area (Å²) in [5, 5.41) is 3.88. The monoisotopic (exact) mass is 457 g/mol. The van der Waals surface area contributed by atoms with Crippen LogP contribution in [0, 0.1) is 5.82 Å². The third kappa shape index (κ3) is 4.41. The molecule has 0 amide bonds. The average Bonchev–Trinajstić information content (AvgIpc) is 3.15. The number of hydrogen-bond acceptors (Lipinski definition) is 7. The van der Waals surface area contributed by atoms with Gasteiger partial charge in [0.1, 0.15) is 17.7 Å². The first-order valence-corrected chi connectivity index (χ1v) is 10.2. The molecule has 2 bridgehead atoms. The number of anilines is 1. The van der Waals surface area contributed by atoms with E-state index >= 15 is 0 Å². The van der Waals surface area contributed by atoms with Gasteiger partial charge in [0.05, 0.1) is 17.7 Å². The summed E-state index contributed by atoms with van der Waals surface area (Å²) < 4.78 is 52.1. The number of alkyl halides is 2. The number of pyridine rings is 1. The molecular weight excluding hydrogens is 435 g/mol. The molecule has 1 atom stereocenters. The van der Waals surface area contributed by atoms with E-state index in [0.29, 0.717) is 39.3 Å². The normalized spacial score (nSPS) is 16.2. The van der Waals surface area contributed by atoms with Gasteiger partial charge in [-0.05, 0) is 31.2 Å². The topological polar surface area (TPSA) is 113 Å². The van der Waals surface area contributed by atoms with E-state index in [1.54, 1.807) is 32.3 Å². The Bertz CT molecular complexity index is 1250. The molecule has 1 aliphatic rings. The summed E-state index contributed by atoms with van der Waals surface area (Å²) >= 11 is 0. The van der Waals surface area contributed by atoms with Crippen LogP contribution in [-0.4, -0.2) is 29.8 Å². The summed E-state index contributed by atoms with van der Waals surface area (Å²) in [5.41, 5.74) is 15.3. The summed E-state index contributed by atoms with van der Waals surface area (Å²) in [6, 6.07) is 5.78. The summed E-state index contributed by atoms with van der Waals surface area (Å²) in [7, 11) is 1.58. The number of fused-ring (bicyclic) bond motifs is 5. The quantitative estimate of drug-likeness (QED) is 0.566. The van der Waals surface area contributed by atoms with Gasteiger partial charge in [-0.2, -0.15) is 0 Å². The molecule has 4 rings (SSSR count). The number of hydrogen-bond donors (Lipinski definition) is 2. The van der Waals surface area contributed by atoms with Crippen LogP contribution in [-0.2, 0) is 12.8 Å². The molecule has 0 saturated carbocycles. The van der Waals surface area contributed by atoms with Gasteiger partial charge in [-0.3, -0.25) is 4.99 Å². The van der Waals surface area contributed by atoms with Crippen molar-refractivity contribution in [1.29, 1.82) is 0 Å². The number of nitrogens with zero attached hydrogens (tertiary/aromatic N) is 3. The van der Waals surface area contributed by atoms with E-state index in [0.717, 1.165) is 0 Å². The Morgan fingerprint density at radius 1 is 1.27 bits per heavy atom. The Kier molecular flexibility index (Phi) is 6.08. The van der Waals surface area contributed by atoms with Crippen molar-refractivity contribution in [3.8, 4) is 16.9 Å². The van der Waals surface area contributed by atoms with Crippen LogP contribution in [0.5, 0.6) is 5.75 Å². The molecule has 0 radical (unpaired) electrons. The molecule has 0 aliphatic carbocycles. The van der Waals surface area contributed by atoms with Crippen LogP contribution >= 0.6 is 0 Å². The van der Waals surface area contributed by atoms with Crippen LogP contribution < -0.4 is 16.2 Å². The van der Waals surface area contributed by atoms with Crippen molar-refractivity contribution in [3.63, 3.8) is 0 Å². The third-order valence-electron chi connectivity index (χ3n) is 5.38. The second-order valence-corrected chi connectivity index (χ2v) is 7.62. The summed E-state index contributed by atoms with van der Waals surface area (Å²) in [6.07, 6.45) is -0.787. The standard InChI is InChI=1S/C23H22F3N5O2/c1-11-16-7-14(24)3-4-15(16)22(27)13(9-29-2)6-18-21(17(31-33-18)8-20(25)26)12-5-19(32-11)23(28)30-10-12/h3-5,7,9-11,20H,6,8,27H2,1-2H3,(H2,28,30). The molecule has 33 heavy (non-hydrogen) atoms. The first kappa shape index (κ1) is 22.4. The van der Waals surface area contributed by atoms with Crippen molar-refractivity contribution in [3.05, 3.63) is 64.4 Å². The Hall–Kier alpha value is -3.82. The smallest absolute Gasteiger partial charge is 0.244 e. The highest BCUT2D eigenvalue weighted by Crippen LogP contribution is 2.37. The van der Waals surface area contributed by atoms with Crippen LogP contribution in [0.25, 0.3) is 16.8 Å². The molecule has 172 valence electrons. The molecule has 1 aliphatic heterocycles. The molecule has 4 N–H and O–H groups in total. The highest BCUT2D eigenvalue weighted by Gasteiger charge is 2.26. The zero-order valence-corrected chi connectivity index (χ0v) is 18.0.